The van der Waals surface area contributed by atoms with Gasteiger partial charge in [0.05, 0.1) is 0 Å². The Bertz CT molecular complexity index is 436. The van der Waals surface area contributed by atoms with E-state index in [1.165, 1.54) is 0 Å². The zero-order valence-corrected chi connectivity index (χ0v) is 15.0. The third-order valence-electron chi connectivity index (χ3n) is 3.06. The molecule has 0 amide bonds. The Hall–Kier alpha value is -0.660. The lowest BCUT2D eigenvalue weighted by Crippen LogP contribution is -2.26. The fourth-order valence-corrected chi connectivity index (χ4v) is 2.67. The minimum Gasteiger partial charge on any atom is -0.460 e. The Morgan fingerprint density at radius 1 is 1.33 bits per heavy atom. The summed E-state index contributed by atoms with van der Waals surface area (Å²) in [5.41, 5.74) is 1.01. The molecule has 0 aromatic heterocycles. The zero-order chi connectivity index (χ0) is 15.7. The lowest BCUT2D eigenvalue weighted by molar-refractivity contribution is -0.164. The predicted octanol–water partition coefficient (Wildman–Crippen LogP) is 4.07. The zero-order valence-electron chi connectivity index (χ0n) is 12.8. The van der Waals surface area contributed by atoms with Crippen molar-refractivity contribution in [1.29, 1.82) is 0 Å². The van der Waals surface area contributed by atoms with Gasteiger partial charge in [-0.25, -0.2) is 0 Å². The monoisotopic (exact) mass is 406 g/mol. The molecule has 0 fully saturated rings. The van der Waals surface area contributed by atoms with Gasteiger partial charge in [-0.1, -0.05) is 31.5 Å². The van der Waals surface area contributed by atoms with Crippen molar-refractivity contribution in [2.75, 3.05) is 13.9 Å². The average Bonchev–Trinajstić information content (AvgIpc) is 2.47. The molecule has 0 heterocycles. The van der Waals surface area contributed by atoms with Gasteiger partial charge in [-0.05, 0) is 47.6 Å². The van der Waals surface area contributed by atoms with Crippen molar-refractivity contribution in [2.45, 2.75) is 45.3 Å². The maximum absolute atomic E-state index is 11.8. The normalized spacial score (nSPS) is 13.7. The van der Waals surface area contributed by atoms with Crippen LogP contribution in [0.2, 0.25) is 0 Å². The molecule has 0 spiro atoms. The van der Waals surface area contributed by atoms with E-state index in [9.17, 15) is 4.79 Å². The molecule has 0 saturated carbocycles. The van der Waals surface area contributed by atoms with E-state index in [-0.39, 0.29) is 25.0 Å². The molecule has 0 radical (unpaired) electrons. The quantitative estimate of drug-likeness (QED) is 0.352. The number of benzene rings is 1. The second-order valence-corrected chi connectivity index (χ2v) is 5.98. The number of ether oxygens (including phenoxy) is 3. The van der Waals surface area contributed by atoms with Crippen molar-refractivity contribution >= 4 is 28.6 Å². The molecule has 1 rings (SSSR count). The molecule has 118 valence electrons. The lowest BCUT2D eigenvalue weighted by atomic mass is 10.1. The molecule has 0 bridgehead atoms. The average molecular weight is 406 g/mol. The smallest absolute Gasteiger partial charge is 0.306 e. The molecule has 0 aliphatic carbocycles. The first-order valence-corrected chi connectivity index (χ1v) is 8.22. The van der Waals surface area contributed by atoms with Crippen LogP contribution in [0.4, 0.5) is 0 Å². The van der Waals surface area contributed by atoms with Gasteiger partial charge in [0.2, 0.25) is 0 Å². The molecule has 21 heavy (non-hydrogen) atoms. The summed E-state index contributed by atoms with van der Waals surface area (Å²) in [6, 6.07) is 7.91. The molecule has 0 unspecified atom stereocenters. The first-order valence-electron chi connectivity index (χ1n) is 7.14. The van der Waals surface area contributed by atoms with Gasteiger partial charge in [-0.2, -0.15) is 0 Å². The highest BCUT2D eigenvalue weighted by Crippen LogP contribution is 2.28. The summed E-state index contributed by atoms with van der Waals surface area (Å²) in [4.78, 5) is 11.8. The number of halogens is 1. The van der Waals surface area contributed by atoms with Crippen LogP contribution in [0.3, 0.4) is 0 Å². The van der Waals surface area contributed by atoms with E-state index in [1.54, 1.807) is 7.11 Å². The van der Waals surface area contributed by atoms with E-state index in [4.69, 9.17) is 14.2 Å². The van der Waals surface area contributed by atoms with E-state index >= 15 is 0 Å². The second-order valence-electron chi connectivity index (χ2n) is 4.81. The summed E-state index contributed by atoms with van der Waals surface area (Å²) < 4.78 is 17.3. The molecular weight excluding hydrogens is 383 g/mol. The Balaban J connectivity index is 2.77. The first kappa shape index (κ1) is 18.4. The van der Waals surface area contributed by atoms with Crippen LogP contribution < -0.4 is 0 Å². The molecule has 1 aromatic rings. The Kier molecular flexibility index (Phi) is 8.87. The van der Waals surface area contributed by atoms with Gasteiger partial charge < -0.3 is 14.2 Å². The number of hydrogen-bond donors (Lipinski definition) is 0. The van der Waals surface area contributed by atoms with Crippen LogP contribution in [-0.2, 0) is 19.0 Å². The molecule has 4 nitrogen and oxygen atoms in total. The summed E-state index contributed by atoms with van der Waals surface area (Å²) in [7, 11) is 1.57. The van der Waals surface area contributed by atoms with Crippen LogP contribution in [0.15, 0.2) is 24.3 Å². The highest BCUT2D eigenvalue weighted by Gasteiger charge is 2.25. The van der Waals surface area contributed by atoms with Gasteiger partial charge in [0, 0.05) is 17.1 Å². The largest absolute Gasteiger partial charge is 0.460 e. The number of carbonyl (C=O) groups is 1. The number of methoxy groups -OCH3 is 1. The van der Waals surface area contributed by atoms with Crippen molar-refractivity contribution in [3.8, 4) is 0 Å². The Morgan fingerprint density at radius 2 is 2.05 bits per heavy atom. The van der Waals surface area contributed by atoms with Crippen LogP contribution in [0.5, 0.6) is 0 Å². The van der Waals surface area contributed by atoms with Crippen molar-refractivity contribution in [1.82, 2.24) is 0 Å². The van der Waals surface area contributed by atoms with E-state index in [1.807, 2.05) is 38.1 Å². The van der Waals surface area contributed by atoms with Crippen LogP contribution in [0.1, 0.15) is 44.8 Å². The van der Waals surface area contributed by atoms with Gasteiger partial charge in [-0.3, -0.25) is 4.79 Å². The molecular formula is C16H23IO4. The fraction of sp³-hybridized carbons (Fsp3) is 0.562. The number of hydrogen-bond acceptors (Lipinski definition) is 4. The summed E-state index contributed by atoms with van der Waals surface area (Å²) in [6.45, 7) is 4.06. The third kappa shape index (κ3) is 6.32. The van der Waals surface area contributed by atoms with Gasteiger partial charge in [0.1, 0.15) is 19.0 Å². The maximum Gasteiger partial charge on any atom is 0.306 e. The Labute approximate surface area is 140 Å². The van der Waals surface area contributed by atoms with Crippen LogP contribution in [0, 0.1) is 3.57 Å². The summed E-state index contributed by atoms with van der Waals surface area (Å²) in [5.74, 6) is -0.179. The minimum absolute atomic E-state index is 0.159. The predicted molar refractivity (Wildman–Crippen MR) is 89.9 cm³/mol. The standard InChI is InChI=1S/C16H23IO4/c1-4-5-10-15(18)21-12(2)16(20-11-19-3)13-8-6-7-9-14(13)17/h6-9,12,16H,4-5,10-11H2,1-3H3/t12-,16+/m0/s1. The van der Waals surface area contributed by atoms with Crippen molar-refractivity contribution in [2.24, 2.45) is 0 Å². The Morgan fingerprint density at radius 3 is 2.67 bits per heavy atom. The van der Waals surface area contributed by atoms with Crippen LogP contribution in [0.25, 0.3) is 0 Å². The molecule has 2 atom stereocenters. The molecule has 0 aliphatic heterocycles. The SMILES string of the molecule is CCCCC(=O)O[C@@H](C)[C@@H](OCOC)c1ccccc1I. The number of rotatable bonds is 9. The molecule has 0 N–H and O–H groups in total. The van der Waals surface area contributed by atoms with E-state index in [0.29, 0.717) is 6.42 Å². The van der Waals surface area contributed by atoms with E-state index in [0.717, 1.165) is 22.0 Å². The first-order chi connectivity index (χ1) is 10.1. The van der Waals surface area contributed by atoms with E-state index < -0.39 is 0 Å². The van der Waals surface area contributed by atoms with Crippen LogP contribution >= 0.6 is 22.6 Å². The number of carbonyl (C=O) groups excluding carboxylic acids is 1. The molecule has 0 aliphatic rings. The van der Waals surface area contributed by atoms with E-state index in [2.05, 4.69) is 22.6 Å². The van der Waals surface area contributed by atoms with Crippen molar-refractivity contribution in [3.63, 3.8) is 0 Å². The number of esters is 1. The minimum atomic E-state index is -0.361. The van der Waals surface area contributed by atoms with Crippen molar-refractivity contribution < 1.29 is 19.0 Å². The van der Waals surface area contributed by atoms with Gasteiger partial charge in [-0.15, -0.1) is 0 Å². The summed E-state index contributed by atoms with van der Waals surface area (Å²) >= 11 is 2.26. The van der Waals surface area contributed by atoms with Crippen molar-refractivity contribution in [3.05, 3.63) is 33.4 Å². The summed E-state index contributed by atoms with van der Waals surface area (Å²) in [5, 5.41) is 0. The second kappa shape index (κ2) is 10.1. The molecule has 5 heteroatoms. The highest BCUT2D eigenvalue weighted by molar-refractivity contribution is 14.1. The van der Waals surface area contributed by atoms with Gasteiger partial charge >= 0.3 is 5.97 Å². The lowest BCUT2D eigenvalue weighted by Gasteiger charge is -2.25. The highest BCUT2D eigenvalue weighted by atomic mass is 127. The molecule has 1 aromatic carbocycles. The topological polar surface area (TPSA) is 44.8 Å². The number of unbranched alkanes of at least 4 members (excludes halogenated alkanes) is 1. The molecule has 0 saturated heterocycles. The third-order valence-corrected chi connectivity index (χ3v) is 4.04. The van der Waals surface area contributed by atoms with Gasteiger partial charge in [0.15, 0.2) is 0 Å². The fourth-order valence-electron chi connectivity index (χ4n) is 1.97. The summed E-state index contributed by atoms with van der Waals surface area (Å²) in [6.07, 6.45) is 1.58. The van der Waals surface area contributed by atoms with Crippen LogP contribution in [-0.4, -0.2) is 26.0 Å². The maximum atomic E-state index is 11.8. The van der Waals surface area contributed by atoms with Gasteiger partial charge in [0.25, 0.3) is 0 Å².